The number of esters is 1. The Morgan fingerprint density at radius 1 is 0.868 bits per heavy atom. The minimum atomic E-state index is -0.746. The first-order valence-corrected chi connectivity index (χ1v) is 12.5. The van der Waals surface area contributed by atoms with E-state index in [0.717, 1.165) is 27.6 Å². The highest BCUT2D eigenvalue weighted by Crippen LogP contribution is 2.42. The van der Waals surface area contributed by atoms with Crippen molar-refractivity contribution in [2.24, 2.45) is 0 Å². The zero-order valence-electron chi connectivity index (χ0n) is 20.8. The summed E-state index contributed by atoms with van der Waals surface area (Å²) >= 11 is 0. The number of nitrogens with one attached hydrogen (secondary N) is 1. The van der Waals surface area contributed by atoms with Gasteiger partial charge in [-0.3, -0.25) is 14.5 Å². The fourth-order valence-electron chi connectivity index (χ4n) is 5.29. The second-order valence-electron chi connectivity index (χ2n) is 9.07. The second kappa shape index (κ2) is 9.48. The van der Waals surface area contributed by atoms with E-state index >= 15 is 0 Å². The molecule has 0 saturated carbocycles. The Hall–Kier alpha value is -4.97. The van der Waals surface area contributed by atoms with Crippen molar-refractivity contribution in [2.75, 3.05) is 6.61 Å². The molecule has 2 aromatic heterocycles. The lowest BCUT2D eigenvalue weighted by atomic mass is 9.77. The summed E-state index contributed by atoms with van der Waals surface area (Å²) in [5.74, 6) is -0.660. The van der Waals surface area contributed by atoms with Gasteiger partial charge in [-0.05, 0) is 35.7 Å². The second-order valence-corrected chi connectivity index (χ2v) is 9.07. The molecule has 0 amide bonds. The van der Waals surface area contributed by atoms with Gasteiger partial charge in [0.25, 0.3) is 0 Å². The molecule has 2 heterocycles. The number of hydrogen-bond donors (Lipinski definition) is 1. The van der Waals surface area contributed by atoms with Gasteiger partial charge in [0.15, 0.2) is 0 Å². The summed E-state index contributed by atoms with van der Waals surface area (Å²) in [5, 5.41) is 4.70. The SMILES string of the molecule is CCOC(=O)c1cnc2cc3c(c[nH]n3C(c3ccccc3)(c3ccccc3)c3ccccc3)cc2c1=O. The van der Waals surface area contributed by atoms with Crippen LogP contribution in [0.15, 0.2) is 120 Å². The van der Waals surface area contributed by atoms with Gasteiger partial charge >= 0.3 is 5.97 Å². The first-order chi connectivity index (χ1) is 18.6. The molecular weight excluding hydrogens is 474 g/mol. The number of carbonyl (C=O) groups is 1. The number of nitrogens with zero attached hydrogens (tertiary/aromatic N) is 2. The molecule has 4 aromatic carbocycles. The monoisotopic (exact) mass is 499 g/mol. The third-order valence-electron chi connectivity index (χ3n) is 6.96. The van der Waals surface area contributed by atoms with Crippen LogP contribution in [0.5, 0.6) is 0 Å². The molecule has 0 aliphatic carbocycles. The largest absolute Gasteiger partial charge is 0.462 e. The molecule has 0 bridgehead atoms. The molecule has 6 rings (SSSR count). The summed E-state index contributed by atoms with van der Waals surface area (Å²) < 4.78 is 7.18. The van der Waals surface area contributed by atoms with E-state index in [2.05, 4.69) is 51.2 Å². The third kappa shape index (κ3) is 3.61. The van der Waals surface area contributed by atoms with Gasteiger partial charge in [0, 0.05) is 23.2 Å². The average Bonchev–Trinajstić information content (AvgIpc) is 3.38. The van der Waals surface area contributed by atoms with Crippen LogP contribution in [0.1, 0.15) is 34.0 Å². The van der Waals surface area contributed by atoms with Gasteiger partial charge in [-0.1, -0.05) is 91.0 Å². The standard InChI is InChI=1S/C32H25N3O3/c1-2-38-31(37)27-21-33-28-19-29-22(18-26(28)30(27)36)20-34-35(29)32(23-12-6-3-7-13-23,24-14-8-4-9-15-24)25-16-10-5-11-17-25/h3-21,34H,2H2,1H3. The quantitative estimate of drug-likeness (QED) is 0.229. The first kappa shape index (κ1) is 23.4. The Labute approximate surface area is 219 Å². The van der Waals surface area contributed by atoms with Crippen molar-refractivity contribution < 1.29 is 9.53 Å². The van der Waals surface area contributed by atoms with Crippen LogP contribution in [0.4, 0.5) is 0 Å². The van der Waals surface area contributed by atoms with Crippen LogP contribution >= 0.6 is 0 Å². The molecule has 6 nitrogen and oxygen atoms in total. The minimum absolute atomic E-state index is 0.0608. The number of ether oxygens (including phenoxy) is 1. The highest BCUT2D eigenvalue weighted by atomic mass is 16.5. The zero-order valence-corrected chi connectivity index (χ0v) is 20.8. The lowest BCUT2D eigenvalue weighted by Crippen LogP contribution is -2.38. The summed E-state index contributed by atoms with van der Waals surface area (Å²) in [7, 11) is 0. The molecule has 0 radical (unpaired) electrons. The molecule has 0 aliphatic rings. The lowest BCUT2D eigenvalue weighted by molar-refractivity contribution is 0.0524. The summed E-state index contributed by atoms with van der Waals surface area (Å²) in [4.78, 5) is 30.0. The minimum Gasteiger partial charge on any atom is -0.462 e. The predicted molar refractivity (Wildman–Crippen MR) is 148 cm³/mol. The maximum Gasteiger partial charge on any atom is 0.343 e. The molecule has 38 heavy (non-hydrogen) atoms. The number of H-pyrrole nitrogens is 1. The predicted octanol–water partition coefficient (Wildman–Crippen LogP) is 5.89. The molecule has 6 aromatic rings. The maximum absolute atomic E-state index is 13.2. The van der Waals surface area contributed by atoms with Gasteiger partial charge < -0.3 is 9.84 Å². The third-order valence-corrected chi connectivity index (χ3v) is 6.96. The number of hydrogen-bond acceptors (Lipinski definition) is 4. The van der Waals surface area contributed by atoms with Gasteiger partial charge in [-0.15, -0.1) is 0 Å². The van der Waals surface area contributed by atoms with E-state index < -0.39 is 11.5 Å². The highest BCUT2D eigenvalue weighted by molar-refractivity contribution is 5.99. The van der Waals surface area contributed by atoms with Gasteiger partial charge in [0.1, 0.15) is 11.1 Å². The molecule has 6 heteroatoms. The van der Waals surface area contributed by atoms with Crippen LogP contribution in [0.2, 0.25) is 0 Å². The van der Waals surface area contributed by atoms with E-state index in [1.54, 1.807) is 13.0 Å². The van der Waals surface area contributed by atoms with Crippen LogP contribution < -0.4 is 5.43 Å². The van der Waals surface area contributed by atoms with E-state index in [0.29, 0.717) is 10.9 Å². The molecule has 186 valence electrons. The smallest absolute Gasteiger partial charge is 0.343 e. The Balaban J connectivity index is 1.69. The van der Waals surface area contributed by atoms with Crippen molar-refractivity contribution in [1.29, 1.82) is 0 Å². The number of carbonyl (C=O) groups excluding carboxylic acids is 1. The maximum atomic E-state index is 13.2. The summed E-state index contributed by atoms with van der Waals surface area (Å²) in [6.45, 7) is 1.89. The van der Waals surface area contributed by atoms with Crippen molar-refractivity contribution >= 4 is 27.8 Å². The van der Waals surface area contributed by atoms with Gasteiger partial charge in [0.2, 0.25) is 5.43 Å². The topological polar surface area (TPSA) is 77.0 Å². The summed E-state index contributed by atoms with van der Waals surface area (Å²) in [5.41, 5.74) is 3.39. The van der Waals surface area contributed by atoms with Gasteiger partial charge in [-0.25, -0.2) is 4.79 Å². The number of pyridine rings is 1. The van der Waals surface area contributed by atoms with Crippen LogP contribution in [0.3, 0.4) is 0 Å². The normalized spacial score (nSPS) is 11.6. The molecule has 1 N–H and O–H groups in total. The van der Waals surface area contributed by atoms with E-state index in [1.807, 2.05) is 66.9 Å². The molecule has 0 fully saturated rings. The number of aromatic nitrogens is 3. The molecule has 0 aliphatic heterocycles. The fourth-order valence-corrected chi connectivity index (χ4v) is 5.29. The zero-order chi connectivity index (χ0) is 26.1. The van der Waals surface area contributed by atoms with E-state index in [9.17, 15) is 9.59 Å². The summed E-state index contributed by atoms with van der Waals surface area (Å²) in [6, 6.07) is 34.7. The highest BCUT2D eigenvalue weighted by Gasteiger charge is 2.39. The van der Waals surface area contributed by atoms with Crippen LogP contribution in [-0.2, 0) is 10.3 Å². The molecule has 0 spiro atoms. The van der Waals surface area contributed by atoms with Crippen LogP contribution in [0.25, 0.3) is 21.8 Å². The summed E-state index contributed by atoms with van der Waals surface area (Å²) in [6.07, 6.45) is 3.19. The molecule has 0 atom stereocenters. The van der Waals surface area contributed by atoms with Crippen molar-refractivity contribution in [3.05, 3.63) is 148 Å². The Bertz CT molecular complexity index is 1710. The van der Waals surface area contributed by atoms with E-state index in [1.165, 1.54) is 6.20 Å². The van der Waals surface area contributed by atoms with E-state index in [-0.39, 0.29) is 17.6 Å². The number of fused-ring (bicyclic) bond motifs is 2. The van der Waals surface area contributed by atoms with E-state index in [4.69, 9.17) is 4.74 Å². The first-order valence-electron chi connectivity index (χ1n) is 12.5. The van der Waals surface area contributed by atoms with Crippen molar-refractivity contribution in [2.45, 2.75) is 12.5 Å². The lowest BCUT2D eigenvalue weighted by Gasteiger charge is -2.37. The van der Waals surface area contributed by atoms with Crippen LogP contribution in [0, 0.1) is 0 Å². The Morgan fingerprint density at radius 2 is 1.42 bits per heavy atom. The number of rotatable bonds is 6. The van der Waals surface area contributed by atoms with Crippen molar-refractivity contribution in [3.8, 4) is 0 Å². The average molecular weight is 500 g/mol. The molecule has 0 unspecified atom stereocenters. The number of aromatic amines is 1. The van der Waals surface area contributed by atoms with Gasteiger partial charge in [0.05, 0.1) is 17.6 Å². The van der Waals surface area contributed by atoms with Gasteiger partial charge in [-0.2, -0.15) is 0 Å². The van der Waals surface area contributed by atoms with Crippen molar-refractivity contribution in [3.63, 3.8) is 0 Å². The Kier molecular flexibility index (Phi) is 5.85. The van der Waals surface area contributed by atoms with Crippen LogP contribution in [-0.4, -0.2) is 27.3 Å². The number of benzene rings is 4. The Morgan fingerprint density at radius 3 is 1.95 bits per heavy atom. The molecule has 0 saturated heterocycles. The molecular formula is C32H25N3O3. The van der Waals surface area contributed by atoms with Crippen molar-refractivity contribution in [1.82, 2.24) is 14.8 Å². The fraction of sp³-hybridized carbons (Fsp3) is 0.0938.